The fourth-order valence-electron chi connectivity index (χ4n) is 3.03. The van der Waals surface area contributed by atoms with Crippen LogP contribution in [0.4, 0.5) is 5.13 Å². The van der Waals surface area contributed by atoms with Crippen LogP contribution < -0.4 is 5.32 Å². The third kappa shape index (κ3) is 4.31. The van der Waals surface area contributed by atoms with E-state index >= 15 is 0 Å². The van der Waals surface area contributed by atoms with Crippen LogP contribution in [0.2, 0.25) is 0 Å². The number of nitrogens with one attached hydrogen (secondary N) is 1. The molecule has 1 fully saturated rings. The van der Waals surface area contributed by atoms with Crippen molar-refractivity contribution in [2.75, 3.05) is 24.7 Å². The number of thiazole rings is 1. The van der Waals surface area contributed by atoms with Crippen molar-refractivity contribution in [2.24, 2.45) is 5.92 Å². The molecule has 1 aromatic heterocycles. The number of anilines is 1. The van der Waals surface area contributed by atoms with Gasteiger partial charge in [-0.05, 0) is 43.9 Å². The molecule has 1 amide bonds. The van der Waals surface area contributed by atoms with Crippen molar-refractivity contribution in [2.45, 2.75) is 26.7 Å². The molecule has 1 unspecified atom stereocenters. The number of sulfonamides is 1. The summed E-state index contributed by atoms with van der Waals surface area (Å²) in [7, 11) is -3.26. The Morgan fingerprint density at radius 2 is 2.08 bits per heavy atom. The molecule has 0 spiro atoms. The highest BCUT2D eigenvalue weighted by Gasteiger charge is 2.30. The summed E-state index contributed by atoms with van der Waals surface area (Å²) in [6, 6.07) is 6.17. The SMILES string of the molecule is Cc1ccc(-c2csc(NC(=O)C3CCCN(S(C)(=O)=O)C3)n2)cc1C. The second kappa shape index (κ2) is 7.46. The predicted molar refractivity (Wildman–Crippen MR) is 105 cm³/mol. The van der Waals surface area contributed by atoms with Crippen LogP contribution in [-0.4, -0.2) is 43.0 Å². The quantitative estimate of drug-likeness (QED) is 0.866. The van der Waals surface area contributed by atoms with Crippen LogP contribution in [0.15, 0.2) is 23.6 Å². The van der Waals surface area contributed by atoms with Gasteiger partial charge in [0.2, 0.25) is 15.9 Å². The number of hydrogen-bond acceptors (Lipinski definition) is 5. The number of amides is 1. The number of benzene rings is 1. The lowest BCUT2D eigenvalue weighted by Gasteiger charge is -2.29. The first-order chi connectivity index (χ1) is 12.2. The average molecular weight is 394 g/mol. The summed E-state index contributed by atoms with van der Waals surface area (Å²) in [6.45, 7) is 4.84. The molecule has 0 saturated carbocycles. The first-order valence-electron chi connectivity index (χ1n) is 8.53. The zero-order valence-corrected chi connectivity index (χ0v) is 16.8. The van der Waals surface area contributed by atoms with Crippen LogP contribution in [0.1, 0.15) is 24.0 Å². The van der Waals surface area contributed by atoms with Crippen molar-refractivity contribution in [3.63, 3.8) is 0 Å². The molecule has 2 heterocycles. The number of hydrogen-bond donors (Lipinski definition) is 1. The van der Waals surface area contributed by atoms with Crippen LogP contribution in [0.25, 0.3) is 11.3 Å². The second-order valence-electron chi connectivity index (χ2n) is 6.79. The molecule has 0 bridgehead atoms. The maximum absolute atomic E-state index is 12.5. The highest BCUT2D eigenvalue weighted by atomic mass is 32.2. The smallest absolute Gasteiger partial charge is 0.230 e. The van der Waals surface area contributed by atoms with E-state index in [9.17, 15) is 13.2 Å². The van der Waals surface area contributed by atoms with E-state index in [1.54, 1.807) is 0 Å². The molecule has 6 nitrogen and oxygen atoms in total. The molecule has 1 aliphatic rings. The van der Waals surface area contributed by atoms with Crippen LogP contribution in [-0.2, 0) is 14.8 Å². The molecule has 0 radical (unpaired) electrons. The minimum absolute atomic E-state index is 0.167. The monoisotopic (exact) mass is 393 g/mol. The van der Waals surface area contributed by atoms with Crippen LogP contribution >= 0.6 is 11.3 Å². The molecule has 140 valence electrons. The minimum Gasteiger partial charge on any atom is -0.302 e. The van der Waals surface area contributed by atoms with Gasteiger partial charge >= 0.3 is 0 Å². The normalized spacial score (nSPS) is 18.7. The zero-order valence-electron chi connectivity index (χ0n) is 15.2. The van der Waals surface area contributed by atoms with Gasteiger partial charge in [-0.25, -0.2) is 17.7 Å². The number of rotatable bonds is 4. The number of carbonyl (C=O) groups is 1. The van der Waals surface area contributed by atoms with E-state index in [0.717, 1.165) is 11.3 Å². The molecule has 0 aliphatic carbocycles. The summed E-state index contributed by atoms with van der Waals surface area (Å²) in [5, 5.41) is 5.31. The molecular weight excluding hydrogens is 370 g/mol. The Bertz CT molecular complexity index is 922. The summed E-state index contributed by atoms with van der Waals surface area (Å²) in [6.07, 6.45) is 2.56. The molecule has 26 heavy (non-hydrogen) atoms. The number of nitrogens with zero attached hydrogens (tertiary/aromatic N) is 2. The molecule has 1 aliphatic heterocycles. The summed E-state index contributed by atoms with van der Waals surface area (Å²) in [4.78, 5) is 17.0. The van der Waals surface area contributed by atoms with E-state index in [1.165, 1.54) is 33.0 Å². The maximum atomic E-state index is 12.5. The molecule has 1 aromatic carbocycles. The van der Waals surface area contributed by atoms with Crippen molar-refractivity contribution >= 4 is 32.4 Å². The number of piperidine rings is 1. The Hall–Kier alpha value is -1.77. The standard InChI is InChI=1S/C18H23N3O3S2/c1-12-6-7-14(9-13(12)2)16-11-25-18(19-16)20-17(22)15-5-4-8-21(10-15)26(3,23)24/h6-7,9,11,15H,4-5,8,10H2,1-3H3,(H,19,20,22). The Labute approximate surface area is 158 Å². The third-order valence-corrected chi connectivity index (χ3v) is 6.79. The highest BCUT2D eigenvalue weighted by molar-refractivity contribution is 7.88. The van der Waals surface area contributed by atoms with Crippen molar-refractivity contribution in [3.8, 4) is 11.3 Å². The zero-order chi connectivity index (χ0) is 18.9. The van der Waals surface area contributed by atoms with Gasteiger partial charge in [0.1, 0.15) is 0 Å². The lowest BCUT2D eigenvalue weighted by Crippen LogP contribution is -2.43. The fraction of sp³-hybridized carbons (Fsp3) is 0.444. The van der Waals surface area contributed by atoms with Gasteiger partial charge < -0.3 is 5.32 Å². The summed E-state index contributed by atoms with van der Waals surface area (Å²) >= 11 is 1.38. The van der Waals surface area contributed by atoms with Crippen molar-refractivity contribution in [1.82, 2.24) is 9.29 Å². The second-order valence-corrected chi connectivity index (χ2v) is 9.63. The van der Waals surface area contributed by atoms with Gasteiger partial charge in [0, 0.05) is 24.0 Å². The molecule has 8 heteroatoms. The molecular formula is C18H23N3O3S2. The first-order valence-corrected chi connectivity index (χ1v) is 11.3. The number of carbonyl (C=O) groups excluding carboxylic acids is 1. The van der Waals surface area contributed by atoms with Crippen molar-refractivity contribution in [3.05, 3.63) is 34.7 Å². The minimum atomic E-state index is -3.26. The van der Waals surface area contributed by atoms with E-state index in [1.807, 2.05) is 11.4 Å². The van der Waals surface area contributed by atoms with E-state index < -0.39 is 10.0 Å². The van der Waals surface area contributed by atoms with E-state index in [2.05, 4.69) is 36.3 Å². The average Bonchev–Trinajstić information content (AvgIpc) is 3.05. The molecule has 1 saturated heterocycles. The first kappa shape index (κ1) is 19.0. The fourth-order valence-corrected chi connectivity index (χ4v) is 4.66. The maximum Gasteiger partial charge on any atom is 0.230 e. The van der Waals surface area contributed by atoms with Gasteiger partial charge in [0.25, 0.3) is 0 Å². The third-order valence-electron chi connectivity index (χ3n) is 4.76. The summed E-state index contributed by atoms with van der Waals surface area (Å²) in [5.74, 6) is -0.508. The van der Waals surface area contributed by atoms with Gasteiger partial charge in [-0.15, -0.1) is 11.3 Å². The Morgan fingerprint density at radius 1 is 1.31 bits per heavy atom. The van der Waals surface area contributed by atoms with Crippen molar-refractivity contribution in [1.29, 1.82) is 0 Å². The van der Waals surface area contributed by atoms with E-state index in [-0.39, 0.29) is 18.4 Å². The Morgan fingerprint density at radius 3 is 2.77 bits per heavy atom. The lowest BCUT2D eigenvalue weighted by molar-refractivity contribution is -0.120. The topological polar surface area (TPSA) is 79.4 Å². The Kier molecular flexibility index (Phi) is 5.45. The van der Waals surface area contributed by atoms with Crippen molar-refractivity contribution < 1.29 is 13.2 Å². The predicted octanol–water partition coefficient (Wildman–Crippen LogP) is 3.04. The van der Waals surface area contributed by atoms with Gasteiger partial charge in [-0.2, -0.15) is 0 Å². The van der Waals surface area contributed by atoms with Gasteiger partial charge in [0.15, 0.2) is 5.13 Å². The van der Waals surface area contributed by atoms with Gasteiger partial charge in [-0.1, -0.05) is 12.1 Å². The van der Waals surface area contributed by atoms with E-state index in [4.69, 9.17) is 0 Å². The summed E-state index contributed by atoms with van der Waals surface area (Å²) < 4.78 is 24.8. The molecule has 3 rings (SSSR count). The van der Waals surface area contributed by atoms with Crippen LogP contribution in [0.3, 0.4) is 0 Å². The lowest BCUT2D eigenvalue weighted by atomic mass is 9.99. The largest absolute Gasteiger partial charge is 0.302 e. The number of aryl methyl sites for hydroxylation is 2. The van der Waals surface area contributed by atoms with Gasteiger partial charge in [-0.3, -0.25) is 4.79 Å². The molecule has 1 N–H and O–H groups in total. The molecule has 2 aromatic rings. The van der Waals surface area contributed by atoms with Crippen LogP contribution in [0.5, 0.6) is 0 Å². The van der Waals surface area contributed by atoms with E-state index in [0.29, 0.717) is 24.5 Å². The summed E-state index contributed by atoms with van der Waals surface area (Å²) in [5.41, 5.74) is 4.27. The van der Waals surface area contributed by atoms with Gasteiger partial charge in [0.05, 0.1) is 17.9 Å². The van der Waals surface area contributed by atoms with Crippen LogP contribution in [0, 0.1) is 19.8 Å². The number of aromatic nitrogens is 1. The molecule has 1 atom stereocenters. The highest BCUT2D eigenvalue weighted by Crippen LogP contribution is 2.27. The Balaban J connectivity index is 1.68.